The van der Waals surface area contributed by atoms with Gasteiger partial charge in [0, 0.05) is 39.2 Å². The number of fused-ring (bicyclic) bond motifs is 18. The molecule has 2 spiro atoms. The van der Waals surface area contributed by atoms with Crippen LogP contribution < -0.4 is 14.4 Å². The molecule has 0 bridgehead atoms. The van der Waals surface area contributed by atoms with Crippen LogP contribution in [0.4, 0.5) is 17.1 Å². The van der Waals surface area contributed by atoms with Gasteiger partial charge in [0.15, 0.2) is 0 Å². The minimum Gasteiger partial charge on any atom is -0.457 e. The normalized spacial score (nSPS) is 14.1. The first-order valence-corrected chi connectivity index (χ1v) is 24.5. The molecule has 0 fully saturated rings. The van der Waals surface area contributed by atoms with Crippen molar-refractivity contribution in [2.45, 2.75) is 10.8 Å². The maximum atomic E-state index is 6.99. The molecular weight excluding hydrogens is 863 g/mol. The van der Waals surface area contributed by atoms with Crippen LogP contribution in [-0.2, 0) is 10.8 Å². The van der Waals surface area contributed by atoms with Crippen LogP contribution in [0, 0.1) is 0 Å². The van der Waals surface area contributed by atoms with E-state index in [2.05, 4.69) is 266 Å². The lowest BCUT2D eigenvalue weighted by Crippen LogP contribution is -2.32. The van der Waals surface area contributed by atoms with Gasteiger partial charge in [-0.05, 0) is 116 Å². The number of para-hydroxylation sites is 4. The van der Waals surface area contributed by atoms with Crippen molar-refractivity contribution in [2.75, 3.05) is 4.90 Å². The van der Waals surface area contributed by atoms with Gasteiger partial charge in [-0.25, -0.2) is 0 Å². The molecule has 3 nitrogen and oxygen atoms in total. The Morgan fingerprint density at radius 1 is 0.239 bits per heavy atom. The Balaban J connectivity index is 1.01. The van der Waals surface area contributed by atoms with Crippen molar-refractivity contribution in [3.63, 3.8) is 0 Å². The summed E-state index contributed by atoms with van der Waals surface area (Å²) in [5.41, 5.74) is 21.0. The van der Waals surface area contributed by atoms with Crippen molar-refractivity contribution >= 4 is 17.1 Å². The zero-order valence-corrected chi connectivity index (χ0v) is 38.6. The molecule has 11 aromatic rings. The Labute approximate surface area is 413 Å². The highest BCUT2D eigenvalue weighted by atomic mass is 16.5. The summed E-state index contributed by atoms with van der Waals surface area (Å²) in [5, 5.41) is 0. The second-order valence-corrected chi connectivity index (χ2v) is 19.0. The summed E-state index contributed by atoms with van der Waals surface area (Å²) in [4.78, 5) is 2.48. The highest BCUT2D eigenvalue weighted by Gasteiger charge is 2.53. The van der Waals surface area contributed by atoms with Gasteiger partial charge in [0.2, 0.25) is 0 Å². The van der Waals surface area contributed by atoms with Crippen molar-refractivity contribution in [2.24, 2.45) is 0 Å². The van der Waals surface area contributed by atoms with Crippen LogP contribution in [0.25, 0.3) is 44.5 Å². The lowest BCUT2D eigenvalue weighted by atomic mass is 9.66. The smallest absolute Gasteiger partial charge is 0.132 e. The summed E-state index contributed by atoms with van der Waals surface area (Å²) in [6.45, 7) is 0. The number of nitrogens with zero attached hydrogens (tertiary/aromatic N) is 1. The SMILES string of the molecule is c1ccc(-c2ccc(-c3ccccc3N(c3ccc4c(c3)C3(c5ccccc5O4)c4ccccc4-c4ccccc43)c3ccc4c(c3)C3(c5ccccc5Oc5ccccc53)c3ccccc3-4)cc2)cc1. The molecule has 0 amide bonds. The number of ether oxygens (including phenoxy) is 2. The highest BCUT2D eigenvalue weighted by molar-refractivity contribution is 5.95. The Kier molecular flexibility index (Phi) is 8.49. The summed E-state index contributed by atoms with van der Waals surface area (Å²) < 4.78 is 13.8. The molecule has 4 aliphatic rings. The van der Waals surface area contributed by atoms with Crippen LogP contribution in [0.15, 0.2) is 261 Å². The molecular formula is C68H43NO2. The first kappa shape index (κ1) is 39.8. The topological polar surface area (TPSA) is 21.7 Å². The van der Waals surface area contributed by atoms with E-state index in [1.807, 2.05) is 0 Å². The Morgan fingerprint density at radius 3 is 1.15 bits per heavy atom. The van der Waals surface area contributed by atoms with Crippen LogP contribution in [0.1, 0.15) is 44.5 Å². The Bertz CT molecular complexity index is 3870. The third-order valence-corrected chi connectivity index (χ3v) is 15.6. The minimum atomic E-state index is -0.638. The molecule has 0 saturated carbocycles. The van der Waals surface area contributed by atoms with Gasteiger partial charge in [-0.3, -0.25) is 0 Å². The number of rotatable bonds is 5. The van der Waals surface area contributed by atoms with Gasteiger partial charge >= 0.3 is 0 Å². The fourth-order valence-corrected chi connectivity index (χ4v) is 12.8. The van der Waals surface area contributed by atoms with E-state index in [4.69, 9.17) is 9.47 Å². The van der Waals surface area contributed by atoms with E-state index in [1.165, 1.54) is 55.6 Å². The largest absolute Gasteiger partial charge is 0.457 e. The molecule has 0 aromatic heterocycles. The van der Waals surface area contributed by atoms with Crippen LogP contribution >= 0.6 is 0 Å². The maximum absolute atomic E-state index is 6.99. The van der Waals surface area contributed by atoms with Crippen LogP contribution in [0.3, 0.4) is 0 Å². The molecule has 0 N–H and O–H groups in total. The van der Waals surface area contributed by atoms with Crippen LogP contribution in [-0.4, -0.2) is 0 Å². The molecule has 3 heteroatoms. The molecule has 0 radical (unpaired) electrons. The molecule has 0 atom stereocenters. The first-order valence-electron chi connectivity index (χ1n) is 24.5. The second kappa shape index (κ2) is 15.2. The van der Waals surface area contributed by atoms with Crippen molar-refractivity contribution < 1.29 is 9.47 Å². The summed E-state index contributed by atoms with van der Waals surface area (Å²) >= 11 is 0. The molecule has 0 unspecified atom stereocenters. The van der Waals surface area contributed by atoms with E-state index in [-0.39, 0.29) is 0 Å². The van der Waals surface area contributed by atoms with E-state index in [1.54, 1.807) is 0 Å². The van der Waals surface area contributed by atoms with Gasteiger partial charge in [-0.15, -0.1) is 0 Å². The molecule has 2 aliphatic carbocycles. The van der Waals surface area contributed by atoms with Crippen LogP contribution in [0.5, 0.6) is 23.0 Å². The Morgan fingerprint density at radius 2 is 0.606 bits per heavy atom. The summed E-state index contributed by atoms with van der Waals surface area (Å²) in [6, 6.07) is 95.2. The average Bonchev–Trinajstić information content (AvgIpc) is 3.90. The first-order chi connectivity index (χ1) is 35.2. The van der Waals surface area contributed by atoms with Gasteiger partial charge in [0.05, 0.1) is 16.5 Å². The maximum Gasteiger partial charge on any atom is 0.132 e. The van der Waals surface area contributed by atoms with Gasteiger partial charge in [-0.2, -0.15) is 0 Å². The van der Waals surface area contributed by atoms with E-state index in [9.17, 15) is 0 Å². The van der Waals surface area contributed by atoms with E-state index in [0.29, 0.717) is 0 Å². The average molecular weight is 906 g/mol. The fraction of sp³-hybridized carbons (Fsp3) is 0.0294. The van der Waals surface area contributed by atoms with Crippen molar-refractivity contribution in [1.29, 1.82) is 0 Å². The standard InChI is InChI=1S/C68H43NO2/c1-2-18-44(19-3-1)45-34-36-46(37-35-45)49-20-7-14-30-62(49)69(47-38-40-53-52-23-6-10-26-56(52)68(60(53)42-47)58-28-12-16-32-64(58)70-65-33-17-13-29-59(65)68)48-39-41-66-61(43-48)67(57-27-11-15-31-63(57)71-66)54-24-8-4-21-50(54)51-22-5-9-25-55(51)67/h1-43H. The third kappa shape index (κ3) is 5.49. The molecule has 15 rings (SSSR count). The van der Waals surface area contributed by atoms with Crippen molar-refractivity contribution in [1.82, 2.24) is 0 Å². The number of benzene rings is 11. The van der Waals surface area contributed by atoms with Crippen LogP contribution in [0.2, 0.25) is 0 Å². The van der Waals surface area contributed by atoms with Gasteiger partial charge < -0.3 is 14.4 Å². The molecule has 2 aliphatic heterocycles. The lowest BCUT2D eigenvalue weighted by molar-refractivity contribution is 0.436. The molecule has 332 valence electrons. The number of hydrogen-bond donors (Lipinski definition) is 0. The minimum absolute atomic E-state index is 0.634. The quantitative estimate of drug-likeness (QED) is 0.172. The summed E-state index contributed by atoms with van der Waals surface area (Å²) in [7, 11) is 0. The van der Waals surface area contributed by atoms with Gasteiger partial charge in [0.25, 0.3) is 0 Å². The van der Waals surface area contributed by atoms with Crippen molar-refractivity contribution in [3.05, 3.63) is 305 Å². The summed E-state index contributed by atoms with van der Waals surface area (Å²) in [5.74, 6) is 3.47. The van der Waals surface area contributed by atoms with E-state index >= 15 is 0 Å². The predicted octanol–water partition coefficient (Wildman–Crippen LogP) is 17.4. The second-order valence-electron chi connectivity index (χ2n) is 19.0. The number of hydrogen-bond acceptors (Lipinski definition) is 3. The Hall–Kier alpha value is -9.18. The zero-order valence-electron chi connectivity index (χ0n) is 38.6. The van der Waals surface area contributed by atoms with E-state index < -0.39 is 10.8 Å². The van der Waals surface area contributed by atoms with Crippen molar-refractivity contribution in [3.8, 4) is 67.5 Å². The van der Waals surface area contributed by atoms with Gasteiger partial charge in [0.1, 0.15) is 23.0 Å². The molecule has 71 heavy (non-hydrogen) atoms. The molecule has 2 heterocycles. The van der Waals surface area contributed by atoms with E-state index in [0.717, 1.165) is 73.4 Å². The summed E-state index contributed by atoms with van der Waals surface area (Å²) in [6.07, 6.45) is 0. The van der Waals surface area contributed by atoms with Gasteiger partial charge in [-0.1, -0.05) is 206 Å². The fourth-order valence-electron chi connectivity index (χ4n) is 12.8. The molecule has 11 aromatic carbocycles. The third-order valence-electron chi connectivity index (χ3n) is 15.6. The monoisotopic (exact) mass is 905 g/mol. The number of anilines is 3. The highest BCUT2D eigenvalue weighted by Crippen LogP contribution is 2.65. The molecule has 0 saturated heterocycles. The predicted molar refractivity (Wildman–Crippen MR) is 287 cm³/mol. The zero-order chi connectivity index (χ0) is 46.7. The lowest BCUT2D eigenvalue weighted by Gasteiger charge is -2.40.